The number of hydrogen-bond donors (Lipinski definition) is 0. The predicted octanol–water partition coefficient (Wildman–Crippen LogP) is 1.84. The fraction of sp³-hybridized carbons (Fsp3) is 0.538. The maximum absolute atomic E-state index is 12.6. The van der Waals surface area contributed by atoms with Gasteiger partial charge in [-0.1, -0.05) is 6.07 Å². The molecule has 4 nitrogen and oxygen atoms in total. The lowest BCUT2D eigenvalue weighted by atomic mass is 10.2. The Labute approximate surface area is 116 Å². The molecule has 0 atom stereocenters. The fourth-order valence-corrected chi connectivity index (χ4v) is 1.68. The molecule has 0 fully saturated rings. The van der Waals surface area contributed by atoms with E-state index < -0.39 is 12.7 Å². The summed E-state index contributed by atoms with van der Waals surface area (Å²) < 4.78 is 37.7. The summed E-state index contributed by atoms with van der Waals surface area (Å²) in [7, 11) is 3.03. The Balaban J connectivity index is 2.82. The van der Waals surface area contributed by atoms with Crippen molar-refractivity contribution in [1.82, 2.24) is 14.8 Å². The summed E-state index contributed by atoms with van der Waals surface area (Å²) in [6, 6.07) is 3.38. The molecule has 1 heterocycles. The first kappa shape index (κ1) is 16.4. The first-order valence-electron chi connectivity index (χ1n) is 6.09. The van der Waals surface area contributed by atoms with Crippen molar-refractivity contribution in [3.8, 4) is 0 Å². The molecule has 0 radical (unpaired) electrons. The number of nitrogens with zero attached hydrogens (tertiary/aromatic N) is 3. The first-order chi connectivity index (χ1) is 9.19. The third-order valence-corrected chi connectivity index (χ3v) is 2.77. The van der Waals surface area contributed by atoms with Gasteiger partial charge in [0.2, 0.25) is 5.91 Å². The number of hydrogen-bond acceptors (Lipinski definition) is 3. The second-order valence-electron chi connectivity index (χ2n) is 4.80. The van der Waals surface area contributed by atoms with Gasteiger partial charge in [0.1, 0.15) is 0 Å². The normalized spacial score (nSPS) is 11.8. The van der Waals surface area contributed by atoms with Crippen molar-refractivity contribution in [2.24, 2.45) is 0 Å². The minimum atomic E-state index is -4.34. The smallest absolute Gasteiger partial charge is 0.348 e. The molecular weight excluding hydrogens is 271 g/mol. The predicted molar refractivity (Wildman–Crippen MR) is 69.0 cm³/mol. The van der Waals surface area contributed by atoms with Crippen molar-refractivity contribution in [2.45, 2.75) is 19.6 Å². The zero-order valence-corrected chi connectivity index (χ0v) is 11.7. The quantitative estimate of drug-likeness (QED) is 0.830. The summed E-state index contributed by atoms with van der Waals surface area (Å²) >= 11 is 0. The number of aryl methyl sites for hydroxylation is 1. The monoisotopic (exact) mass is 289 g/mol. The van der Waals surface area contributed by atoms with Gasteiger partial charge in [0.15, 0.2) is 0 Å². The van der Waals surface area contributed by atoms with Gasteiger partial charge < -0.3 is 4.90 Å². The Morgan fingerprint density at radius 1 is 1.35 bits per heavy atom. The second kappa shape index (κ2) is 6.69. The minimum Gasteiger partial charge on any atom is -0.348 e. The molecule has 0 saturated heterocycles. The molecule has 0 bridgehead atoms. The molecule has 1 aromatic rings. The number of amides is 1. The standard InChI is InChI=1S/C13H18F3N3O/c1-10-11(5-4-6-17-10)7-19(9-13(14,15)16)8-12(20)18(2)3/h4-6H,7-9H2,1-3H3. The van der Waals surface area contributed by atoms with E-state index in [0.29, 0.717) is 11.3 Å². The van der Waals surface area contributed by atoms with Crippen LogP contribution in [0.2, 0.25) is 0 Å². The highest BCUT2D eigenvalue weighted by atomic mass is 19.4. The summed E-state index contributed by atoms with van der Waals surface area (Å²) in [5.41, 5.74) is 1.35. The average molecular weight is 289 g/mol. The third kappa shape index (κ3) is 5.56. The number of likely N-dealkylation sites (N-methyl/N-ethyl adjacent to an activating group) is 1. The van der Waals surface area contributed by atoms with Crippen LogP contribution in [0, 0.1) is 6.92 Å². The lowest BCUT2D eigenvalue weighted by Crippen LogP contribution is -2.41. The van der Waals surface area contributed by atoms with E-state index in [1.54, 1.807) is 25.3 Å². The van der Waals surface area contributed by atoms with Gasteiger partial charge in [-0.3, -0.25) is 14.7 Å². The molecule has 1 amide bonds. The largest absolute Gasteiger partial charge is 0.401 e. The van der Waals surface area contributed by atoms with Gasteiger partial charge in [-0.25, -0.2) is 0 Å². The summed E-state index contributed by atoms with van der Waals surface area (Å²) in [5, 5.41) is 0. The maximum atomic E-state index is 12.6. The molecule has 0 aliphatic carbocycles. The Kier molecular flexibility index (Phi) is 5.50. The Bertz CT molecular complexity index is 460. The van der Waals surface area contributed by atoms with Gasteiger partial charge in [0, 0.05) is 32.5 Å². The van der Waals surface area contributed by atoms with Crippen LogP contribution in [0.4, 0.5) is 13.2 Å². The van der Waals surface area contributed by atoms with Crippen LogP contribution < -0.4 is 0 Å². The van der Waals surface area contributed by atoms with Gasteiger partial charge in [-0.05, 0) is 18.6 Å². The summed E-state index contributed by atoms with van der Waals surface area (Å²) in [4.78, 5) is 18.0. The fourth-order valence-electron chi connectivity index (χ4n) is 1.68. The van der Waals surface area contributed by atoms with E-state index in [4.69, 9.17) is 0 Å². The molecule has 0 aliphatic heterocycles. The van der Waals surface area contributed by atoms with Gasteiger partial charge in [0.25, 0.3) is 0 Å². The molecule has 0 spiro atoms. The maximum Gasteiger partial charge on any atom is 0.401 e. The number of pyridine rings is 1. The van der Waals surface area contributed by atoms with Crippen LogP contribution in [0.15, 0.2) is 18.3 Å². The Morgan fingerprint density at radius 2 is 2.00 bits per heavy atom. The van der Waals surface area contributed by atoms with Crippen LogP contribution in [0.3, 0.4) is 0 Å². The van der Waals surface area contributed by atoms with Crippen molar-refractivity contribution in [3.05, 3.63) is 29.6 Å². The van der Waals surface area contributed by atoms with Gasteiger partial charge in [0.05, 0.1) is 13.1 Å². The summed E-state index contributed by atoms with van der Waals surface area (Å²) in [6.07, 6.45) is -2.76. The minimum absolute atomic E-state index is 0.0404. The molecule has 0 saturated carbocycles. The number of alkyl halides is 3. The highest BCUT2D eigenvalue weighted by Gasteiger charge is 2.31. The topological polar surface area (TPSA) is 36.4 Å². The van der Waals surface area contributed by atoms with E-state index >= 15 is 0 Å². The molecule has 0 aliphatic rings. The lowest BCUT2D eigenvalue weighted by molar-refractivity contribution is -0.152. The van der Waals surface area contributed by atoms with E-state index in [-0.39, 0.29) is 19.0 Å². The highest BCUT2D eigenvalue weighted by molar-refractivity contribution is 5.77. The number of carbonyl (C=O) groups excluding carboxylic acids is 1. The van der Waals surface area contributed by atoms with E-state index in [1.807, 2.05) is 0 Å². The van der Waals surface area contributed by atoms with Crippen LogP contribution in [0.5, 0.6) is 0 Å². The van der Waals surface area contributed by atoms with Crippen molar-refractivity contribution in [1.29, 1.82) is 0 Å². The Morgan fingerprint density at radius 3 is 2.50 bits per heavy atom. The van der Waals surface area contributed by atoms with Gasteiger partial charge in [-0.15, -0.1) is 0 Å². The zero-order valence-electron chi connectivity index (χ0n) is 11.7. The highest BCUT2D eigenvalue weighted by Crippen LogP contribution is 2.18. The molecule has 1 aromatic heterocycles. The van der Waals surface area contributed by atoms with E-state index in [2.05, 4.69) is 4.98 Å². The first-order valence-corrected chi connectivity index (χ1v) is 6.09. The second-order valence-corrected chi connectivity index (χ2v) is 4.80. The van der Waals surface area contributed by atoms with Crippen LogP contribution >= 0.6 is 0 Å². The van der Waals surface area contributed by atoms with E-state index in [1.165, 1.54) is 19.0 Å². The molecule has 0 unspecified atom stereocenters. The number of aromatic nitrogens is 1. The van der Waals surface area contributed by atoms with E-state index in [9.17, 15) is 18.0 Å². The summed E-state index contributed by atoms with van der Waals surface area (Å²) in [6.45, 7) is 0.370. The van der Waals surface area contributed by atoms with Crippen LogP contribution in [-0.4, -0.2) is 54.1 Å². The number of halogens is 3. The van der Waals surface area contributed by atoms with Crippen molar-refractivity contribution in [2.75, 3.05) is 27.2 Å². The lowest BCUT2D eigenvalue weighted by Gasteiger charge is -2.25. The van der Waals surface area contributed by atoms with Crippen LogP contribution in [0.25, 0.3) is 0 Å². The zero-order chi connectivity index (χ0) is 15.3. The van der Waals surface area contributed by atoms with Crippen molar-refractivity contribution in [3.63, 3.8) is 0 Å². The van der Waals surface area contributed by atoms with Crippen molar-refractivity contribution >= 4 is 5.91 Å². The average Bonchev–Trinajstić information content (AvgIpc) is 2.29. The molecule has 1 rings (SSSR count). The molecule has 0 aromatic carbocycles. The molecule has 112 valence electrons. The SMILES string of the molecule is Cc1ncccc1CN(CC(=O)N(C)C)CC(F)(F)F. The van der Waals surface area contributed by atoms with Crippen LogP contribution in [0.1, 0.15) is 11.3 Å². The molecular formula is C13H18F3N3O. The third-order valence-electron chi connectivity index (χ3n) is 2.77. The van der Waals surface area contributed by atoms with Gasteiger partial charge >= 0.3 is 6.18 Å². The number of carbonyl (C=O) groups is 1. The van der Waals surface area contributed by atoms with Crippen LogP contribution in [-0.2, 0) is 11.3 Å². The molecule has 0 N–H and O–H groups in total. The molecule has 20 heavy (non-hydrogen) atoms. The van der Waals surface area contributed by atoms with E-state index in [0.717, 1.165) is 4.90 Å². The summed E-state index contributed by atoms with van der Waals surface area (Å²) in [5.74, 6) is -0.365. The molecule has 7 heteroatoms. The van der Waals surface area contributed by atoms with Gasteiger partial charge in [-0.2, -0.15) is 13.2 Å². The Hall–Kier alpha value is -1.63. The van der Waals surface area contributed by atoms with Crippen molar-refractivity contribution < 1.29 is 18.0 Å². The number of rotatable bonds is 5.